The summed E-state index contributed by atoms with van der Waals surface area (Å²) in [4.78, 5) is 23.1. The predicted octanol–water partition coefficient (Wildman–Crippen LogP) is 1.05. The molecule has 0 aromatic rings. The molecule has 102 valence electrons. The Morgan fingerprint density at radius 2 is 1.67 bits per heavy atom. The van der Waals surface area contributed by atoms with E-state index in [0.29, 0.717) is 12.8 Å². The van der Waals surface area contributed by atoms with E-state index in [9.17, 15) is 19.8 Å². The third-order valence-electron chi connectivity index (χ3n) is 4.41. The van der Waals surface area contributed by atoms with Crippen LogP contribution in [0.2, 0.25) is 0 Å². The molecule has 0 saturated heterocycles. The van der Waals surface area contributed by atoms with Gasteiger partial charge >= 0.3 is 5.97 Å². The van der Waals surface area contributed by atoms with Crippen LogP contribution in [0.3, 0.4) is 0 Å². The van der Waals surface area contributed by atoms with Gasteiger partial charge in [0.1, 0.15) is 0 Å². The SMILES string of the molecule is O=C(CC1(C(=O)O)CCCC1)NCC1(O)CCC1. The summed E-state index contributed by atoms with van der Waals surface area (Å²) in [5.74, 6) is -1.11. The lowest BCUT2D eigenvalue weighted by Crippen LogP contribution is -2.48. The lowest BCUT2D eigenvalue weighted by Gasteiger charge is -2.36. The highest BCUT2D eigenvalue weighted by molar-refractivity contribution is 5.85. The summed E-state index contributed by atoms with van der Waals surface area (Å²) in [6.45, 7) is 0.252. The standard InChI is InChI=1S/C13H21NO4/c15-10(14-9-13(18)6-3-7-13)8-12(11(16)17)4-1-2-5-12/h18H,1-9H2,(H,14,15)(H,16,17). The van der Waals surface area contributed by atoms with Gasteiger partial charge in [-0.25, -0.2) is 0 Å². The minimum atomic E-state index is -0.869. The first-order valence-electron chi connectivity index (χ1n) is 6.68. The summed E-state index contributed by atoms with van der Waals surface area (Å²) in [6.07, 6.45) is 5.39. The number of aliphatic hydroxyl groups is 1. The van der Waals surface area contributed by atoms with Gasteiger partial charge in [0.25, 0.3) is 0 Å². The number of carboxylic acids is 1. The summed E-state index contributed by atoms with van der Waals surface area (Å²) in [5.41, 5.74) is -1.62. The minimum absolute atomic E-state index is 0.0401. The normalized spacial score (nSPS) is 24.3. The lowest BCUT2D eigenvalue weighted by molar-refractivity contribution is -0.151. The van der Waals surface area contributed by atoms with Crippen molar-refractivity contribution in [3.63, 3.8) is 0 Å². The average Bonchev–Trinajstić information content (AvgIpc) is 2.73. The quantitative estimate of drug-likeness (QED) is 0.685. The molecule has 2 saturated carbocycles. The molecule has 5 heteroatoms. The molecule has 2 fully saturated rings. The van der Waals surface area contributed by atoms with Crippen LogP contribution in [0.25, 0.3) is 0 Å². The largest absolute Gasteiger partial charge is 0.481 e. The fraction of sp³-hybridized carbons (Fsp3) is 0.846. The van der Waals surface area contributed by atoms with Crippen LogP contribution in [0.4, 0.5) is 0 Å². The number of amides is 1. The monoisotopic (exact) mass is 255 g/mol. The number of rotatable bonds is 5. The van der Waals surface area contributed by atoms with Gasteiger partial charge < -0.3 is 15.5 Å². The second kappa shape index (κ2) is 4.88. The molecule has 0 atom stereocenters. The number of carboxylic acid groups (broad SMARTS) is 1. The Morgan fingerprint density at radius 3 is 2.11 bits per heavy atom. The molecule has 0 aromatic heterocycles. The maximum absolute atomic E-state index is 11.8. The molecule has 2 rings (SSSR count). The van der Waals surface area contributed by atoms with E-state index in [1.165, 1.54) is 0 Å². The maximum atomic E-state index is 11.8. The molecule has 0 spiro atoms. The molecule has 1 amide bonds. The number of carbonyl (C=O) groups is 2. The summed E-state index contributed by atoms with van der Waals surface area (Å²) in [7, 11) is 0. The van der Waals surface area contributed by atoms with Gasteiger partial charge in [0.2, 0.25) is 5.91 Å². The Balaban J connectivity index is 1.84. The zero-order valence-electron chi connectivity index (χ0n) is 10.6. The van der Waals surface area contributed by atoms with Crippen molar-refractivity contribution < 1.29 is 19.8 Å². The number of carbonyl (C=O) groups excluding carboxylic acids is 1. The van der Waals surface area contributed by atoms with E-state index in [2.05, 4.69) is 5.32 Å². The Morgan fingerprint density at radius 1 is 1.06 bits per heavy atom. The maximum Gasteiger partial charge on any atom is 0.310 e. The topological polar surface area (TPSA) is 86.6 Å². The van der Waals surface area contributed by atoms with E-state index in [1.54, 1.807) is 0 Å². The van der Waals surface area contributed by atoms with E-state index >= 15 is 0 Å². The summed E-state index contributed by atoms with van der Waals surface area (Å²) < 4.78 is 0. The lowest BCUT2D eigenvalue weighted by atomic mass is 9.79. The Labute approximate surface area is 107 Å². The molecule has 3 N–H and O–H groups in total. The van der Waals surface area contributed by atoms with Crippen LogP contribution in [0.1, 0.15) is 51.4 Å². The van der Waals surface area contributed by atoms with Crippen molar-refractivity contribution in [3.05, 3.63) is 0 Å². The van der Waals surface area contributed by atoms with Gasteiger partial charge in [-0.2, -0.15) is 0 Å². The fourth-order valence-corrected chi connectivity index (χ4v) is 2.91. The van der Waals surface area contributed by atoms with Crippen LogP contribution in [-0.2, 0) is 9.59 Å². The second-order valence-electron chi connectivity index (χ2n) is 5.82. The van der Waals surface area contributed by atoms with Crippen molar-refractivity contribution in [3.8, 4) is 0 Å². The van der Waals surface area contributed by atoms with Crippen LogP contribution < -0.4 is 5.32 Å². The van der Waals surface area contributed by atoms with Gasteiger partial charge in [-0.05, 0) is 32.1 Å². The molecule has 0 aromatic carbocycles. The first-order chi connectivity index (χ1) is 8.46. The third kappa shape index (κ3) is 2.66. The summed E-state index contributed by atoms with van der Waals surface area (Å²) in [5, 5.41) is 21.8. The van der Waals surface area contributed by atoms with Gasteiger partial charge in [-0.3, -0.25) is 9.59 Å². The molecular formula is C13H21NO4. The van der Waals surface area contributed by atoms with Crippen LogP contribution in [-0.4, -0.2) is 34.2 Å². The molecule has 0 radical (unpaired) electrons. The third-order valence-corrected chi connectivity index (χ3v) is 4.41. The molecule has 0 bridgehead atoms. The van der Waals surface area contributed by atoms with Gasteiger partial charge in [-0.15, -0.1) is 0 Å². The van der Waals surface area contributed by atoms with Crippen LogP contribution in [0, 0.1) is 5.41 Å². The van der Waals surface area contributed by atoms with E-state index in [1.807, 2.05) is 0 Å². The number of nitrogens with one attached hydrogen (secondary N) is 1. The molecule has 2 aliphatic rings. The molecule has 18 heavy (non-hydrogen) atoms. The zero-order valence-corrected chi connectivity index (χ0v) is 10.6. The van der Waals surface area contributed by atoms with Gasteiger partial charge in [0.05, 0.1) is 11.0 Å². The molecule has 5 nitrogen and oxygen atoms in total. The first-order valence-corrected chi connectivity index (χ1v) is 6.68. The highest BCUT2D eigenvalue weighted by atomic mass is 16.4. The number of hydrogen-bond donors (Lipinski definition) is 3. The average molecular weight is 255 g/mol. The first kappa shape index (κ1) is 13.3. The Hall–Kier alpha value is -1.10. The van der Waals surface area contributed by atoms with E-state index in [4.69, 9.17) is 0 Å². The van der Waals surface area contributed by atoms with Crippen LogP contribution in [0.15, 0.2) is 0 Å². The van der Waals surface area contributed by atoms with E-state index in [0.717, 1.165) is 32.1 Å². The van der Waals surface area contributed by atoms with Crippen LogP contribution >= 0.6 is 0 Å². The molecular weight excluding hydrogens is 234 g/mol. The highest BCUT2D eigenvalue weighted by Crippen LogP contribution is 2.41. The van der Waals surface area contributed by atoms with Gasteiger partial charge in [-0.1, -0.05) is 12.8 Å². The number of aliphatic carboxylic acids is 1. The van der Waals surface area contributed by atoms with Crippen molar-refractivity contribution >= 4 is 11.9 Å². The second-order valence-corrected chi connectivity index (χ2v) is 5.82. The predicted molar refractivity (Wildman–Crippen MR) is 65.0 cm³/mol. The Bertz CT molecular complexity index is 343. The van der Waals surface area contributed by atoms with Crippen molar-refractivity contribution in [2.24, 2.45) is 5.41 Å². The van der Waals surface area contributed by atoms with Crippen LogP contribution in [0.5, 0.6) is 0 Å². The smallest absolute Gasteiger partial charge is 0.310 e. The van der Waals surface area contributed by atoms with Crippen molar-refractivity contribution in [1.29, 1.82) is 0 Å². The highest BCUT2D eigenvalue weighted by Gasteiger charge is 2.43. The van der Waals surface area contributed by atoms with E-state index in [-0.39, 0.29) is 18.9 Å². The summed E-state index contributed by atoms with van der Waals surface area (Å²) in [6, 6.07) is 0. The number of hydrogen-bond acceptors (Lipinski definition) is 3. The van der Waals surface area contributed by atoms with Gasteiger partial charge in [0.15, 0.2) is 0 Å². The molecule has 0 aliphatic heterocycles. The fourth-order valence-electron chi connectivity index (χ4n) is 2.91. The zero-order chi connectivity index (χ0) is 13.2. The van der Waals surface area contributed by atoms with Crippen molar-refractivity contribution in [2.45, 2.75) is 57.0 Å². The van der Waals surface area contributed by atoms with E-state index < -0.39 is 17.0 Å². The Kier molecular flexibility index (Phi) is 3.61. The molecule has 2 aliphatic carbocycles. The van der Waals surface area contributed by atoms with Crippen molar-refractivity contribution in [2.75, 3.05) is 6.54 Å². The van der Waals surface area contributed by atoms with Crippen molar-refractivity contribution in [1.82, 2.24) is 5.32 Å². The van der Waals surface area contributed by atoms with Gasteiger partial charge in [0, 0.05) is 13.0 Å². The molecule has 0 heterocycles. The molecule has 0 unspecified atom stereocenters. The minimum Gasteiger partial charge on any atom is -0.481 e. The summed E-state index contributed by atoms with van der Waals surface area (Å²) >= 11 is 0.